The number of fused-ring (bicyclic) bond motifs is 2. The van der Waals surface area contributed by atoms with Crippen LogP contribution in [0.2, 0.25) is 0 Å². The molecule has 228 valence electrons. The van der Waals surface area contributed by atoms with Crippen molar-refractivity contribution in [1.29, 1.82) is 0 Å². The van der Waals surface area contributed by atoms with Gasteiger partial charge in [0.2, 0.25) is 6.79 Å². The Bertz CT molecular complexity index is 1400. The van der Waals surface area contributed by atoms with Gasteiger partial charge in [0.15, 0.2) is 0 Å². The molecule has 1 heterocycles. The van der Waals surface area contributed by atoms with Gasteiger partial charge in [0.1, 0.15) is 12.4 Å². The maximum absolute atomic E-state index is 12.6. The Morgan fingerprint density at radius 1 is 0.791 bits per heavy atom. The second-order valence-electron chi connectivity index (χ2n) is 11.7. The fourth-order valence-corrected chi connectivity index (χ4v) is 6.08. The average molecular weight is 588 g/mol. The summed E-state index contributed by atoms with van der Waals surface area (Å²) in [6.07, 6.45) is 6.70. The predicted octanol–water partition coefficient (Wildman–Crippen LogP) is 6.92. The Labute approximate surface area is 253 Å². The average Bonchev–Trinajstić information content (AvgIpc) is 3.60. The maximum atomic E-state index is 12.6. The molecule has 3 aromatic rings. The lowest BCUT2D eigenvalue weighted by Crippen LogP contribution is -2.34. The van der Waals surface area contributed by atoms with Crippen LogP contribution < -0.4 is 4.74 Å². The van der Waals surface area contributed by atoms with Gasteiger partial charge >= 0.3 is 18.0 Å². The number of unbranched alkanes of at least 4 members (excludes halogenated alkanes) is 5. The van der Waals surface area contributed by atoms with E-state index in [9.17, 15) is 14.4 Å². The van der Waals surface area contributed by atoms with Crippen molar-refractivity contribution >= 4 is 28.8 Å². The number of hydrogen-bond acceptors (Lipinski definition) is 7. The van der Waals surface area contributed by atoms with E-state index in [4.69, 9.17) is 18.9 Å². The third-order valence-corrected chi connectivity index (χ3v) is 8.70. The lowest BCUT2D eigenvalue weighted by atomic mass is 9.93. The summed E-state index contributed by atoms with van der Waals surface area (Å²) in [7, 11) is 1.61. The van der Waals surface area contributed by atoms with Crippen LogP contribution in [-0.4, -0.2) is 49.9 Å². The van der Waals surface area contributed by atoms with Crippen LogP contribution >= 0.6 is 0 Å². The number of methoxy groups -OCH3 is 1. The van der Waals surface area contributed by atoms with Gasteiger partial charge in [-0.1, -0.05) is 80.3 Å². The van der Waals surface area contributed by atoms with Crippen LogP contribution in [0, 0.1) is 5.92 Å². The molecule has 2 aliphatic rings. The zero-order valence-electron chi connectivity index (χ0n) is 24.9. The minimum atomic E-state index is -0.426. The minimum absolute atomic E-state index is 0.0148. The Balaban J connectivity index is 0.872. The summed E-state index contributed by atoms with van der Waals surface area (Å²) in [5.74, 6) is 0.672. The summed E-state index contributed by atoms with van der Waals surface area (Å²) in [6.45, 7) is 1.22. The van der Waals surface area contributed by atoms with Crippen molar-refractivity contribution in [2.75, 3.05) is 27.0 Å². The first-order valence-corrected chi connectivity index (χ1v) is 15.3. The lowest BCUT2D eigenvalue weighted by Gasteiger charge is -2.21. The number of hydrogen-bond donors (Lipinski definition) is 0. The van der Waals surface area contributed by atoms with Gasteiger partial charge in [-0.15, -0.1) is 0 Å². The van der Waals surface area contributed by atoms with Crippen molar-refractivity contribution in [3.8, 4) is 5.75 Å². The van der Waals surface area contributed by atoms with Gasteiger partial charge in [0.25, 0.3) is 0 Å². The number of ether oxygens (including phenoxy) is 4. The maximum Gasteiger partial charge on any atom is 0.412 e. The van der Waals surface area contributed by atoms with Gasteiger partial charge in [-0.2, -0.15) is 0 Å². The van der Waals surface area contributed by atoms with E-state index in [0.717, 1.165) is 56.3 Å². The van der Waals surface area contributed by atoms with Gasteiger partial charge in [-0.3, -0.25) is 9.59 Å². The molecule has 0 aromatic heterocycles. The van der Waals surface area contributed by atoms with Crippen LogP contribution in [0.1, 0.15) is 68.9 Å². The third kappa shape index (κ3) is 8.06. The SMILES string of the molecule is COc1ccc(COC(=O)CCCCCCCCC(=O)OCOC(=O)N2C[C@H]3C[C@@]3(c3ccc4ccccc4c3)C2)cc1. The molecule has 1 saturated heterocycles. The van der Waals surface area contributed by atoms with Crippen LogP contribution in [0.5, 0.6) is 5.75 Å². The van der Waals surface area contributed by atoms with E-state index in [1.807, 2.05) is 36.4 Å². The van der Waals surface area contributed by atoms with Crippen molar-refractivity contribution in [3.05, 3.63) is 77.9 Å². The fraction of sp³-hybridized carbons (Fsp3) is 0.457. The first-order chi connectivity index (χ1) is 21.0. The topological polar surface area (TPSA) is 91.4 Å². The Morgan fingerprint density at radius 2 is 1.47 bits per heavy atom. The zero-order valence-corrected chi connectivity index (χ0v) is 24.9. The molecular weight excluding hydrogens is 546 g/mol. The van der Waals surface area contributed by atoms with E-state index >= 15 is 0 Å². The van der Waals surface area contributed by atoms with E-state index < -0.39 is 6.09 Å². The summed E-state index contributed by atoms with van der Waals surface area (Å²) in [5.41, 5.74) is 2.22. The van der Waals surface area contributed by atoms with Gasteiger partial charge in [0.05, 0.1) is 7.11 Å². The van der Waals surface area contributed by atoms with Crippen LogP contribution in [-0.2, 0) is 35.8 Å². The molecule has 2 atom stereocenters. The summed E-state index contributed by atoms with van der Waals surface area (Å²) in [4.78, 5) is 38.4. The predicted molar refractivity (Wildman–Crippen MR) is 162 cm³/mol. The van der Waals surface area contributed by atoms with Gasteiger partial charge in [0, 0.05) is 31.3 Å². The summed E-state index contributed by atoms with van der Waals surface area (Å²) in [6, 6.07) is 22.3. The number of amides is 1. The Kier molecular flexibility index (Phi) is 10.2. The zero-order chi connectivity index (χ0) is 30.1. The molecule has 8 heteroatoms. The molecule has 1 aliphatic heterocycles. The molecule has 0 radical (unpaired) electrons. The highest BCUT2D eigenvalue weighted by atomic mass is 16.7. The molecule has 8 nitrogen and oxygen atoms in total. The minimum Gasteiger partial charge on any atom is -0.497 e. The molecule has 1 aliphatic carbocycles. The first kappa shape index (κ1) is 30.4. The monoisotopic (exact) mass is 587 g/mol. The quantitative estimate of drug-likeness (QED) is 0.108. The van der Waals surface area contributed by atoms with Crippen molar-refractivity contribution in [2.24, 2.45) is 5.92 Å². The summed E-state index contributed by atoms with van der Waals surface area (Å²) >= 11 is 0. The second kappa shape index (κ2) is 14.4. The van der Waals surface area contributed by atoms with E-state index in [1.165, 1.54) is 16.3 Å². The van der Waals surface area contributed by atoms with E-state index in [1.54, 1.807) is 12.0 Å². The van der Waals surface area contributed by atoms with E-state index in [2.05, 4.69) is 30.3 Å². The molecule has 5 rings (SSSR count). The number of piperidine rings is 1. The molecule has 43 heavy (non-hydrogen) atoms. The normalized spacial score (nSPS) is 18.6. The highest BCUT2D eigenvalue weighted by Crippen LogP contribution is 2.59. The van der Waals surface area contributed by atoms with Crippen molar-refractivity contribution in [2.45, 2.75) is 69.8 Å². The number of rotatable bonds is 15. The number of esters is 2. The molecule has 0 N–H and O–H groups in total. The van der Waals surface area contributed by atoms with Crippen LogP contribution in [0.4, 0.5) is 4.79 Å². The molecule has 1 amide bonds. The van der Waals surface area contributed by atoms with E-state index in [-0.39, 0.29) is 30.8 Å². The molecule has 3 aromatic carbocycles. The molecular formula is C35H41NO7. The Hall–Kier alpha value is -4.07. The first-order valence-electron chi connectivity index (χ1n) is 15.3. The van der Waals surface area contributed by atoms with Gasteiger partial charge in [-0.05, 0) is 59.2 Å². The van der Waals surface area contributed by atoms with Gasteiger partial charge < -0.3 is 23.8 Å². The lowest BCUT2D eigenvalue weighted by molar-refractivity contribution is -0.152. The second-order valence-corrected chi connectivity index (χ2v) is 11.7. The summed E-state index contributed by atoms with van der Waals surface area (Å²) < 4.78 is 20.8. The molecule has 0 unspecified atom stereocenters. The number of carbonyl (C=O) groups is 3. The van der Waals surface area contributed by atoms with Crippen molar-refractivity contribution in [3.63, 3.8) is 0 Å². The van der Waals surface area contributed by atoms with Crippen molar-refractivity contribution in [1.82, 2.24) is 4.90 Å². The molecule has 0 bridgehead atoms. The third-order valence-electron chi connectivity index (χ3n) is 8.70. The van der Waals surface area contributed by atoms with Crippen LogP contribution in [0.25, 0.3) is 10.8 Å². The smallest absolute Gasteiger partial charge is 0.412 e. The van der Waals surface area contributed by atoms with Crippen molar-refractivity contribution < 1.29 is 33.3 Å². The summed E-state index contributed by atoms with van der Waals surface area (Å²) in [5, 5.41) is 2.43. The standard InChI is InChI=1S/C35H41NO7/c1-40-31-18-14-26(15-19-31)23-41-32(37)12-6-4-2-3-5-7-13-33(38)42-25-43-34(39)36-22-30-21-35(30,24-36)29-17-16-27-10-8-9-11-28(27)20-29/h8-11,14-20,30H,2-7,12-13,21-25H2,1H3/t30-,35+/m1/s1. The van der Waals surface area contributed by atoms with Gasteiger partial charge in [-0.25, -0.2) is 4.79 Å². The number of carbonyl (C=O) groups excluding carboxylic acids is 3. The van der Waals surface area contributed by atoms with Crippen LogP contribution in [0.3, 0.4) is 0 Å². The van der Waals surface area contributed by atoms with E-state index in [0.29, 0.717) is 31.8 Å². The van der Waals surface area contributed by atoms with Crippen LogP contribution in [0.15, 0.2) is 66.7 Å². The Morgan fingerprint density at radius 3 is 2.19 bits per heavy atom. The highest BCUT2D eigenvalue weighted by molar-refractivity contribution is 5.83. The highest BCUT2D eigenvalue weighted by Gasteiger charge is 2.62. The number of benzene rings is 3. The molecule has 2 fully saturated rings. The molecule has 1 saturated carbocycles. The largest absolute Gasteiger partial charge is 0.497 e. The fourth-order valence-electron chi connectivity index (χ4n) is 6.08. The number of likely N-dealkylation sites (tertiary alicyclic amines) is 1. The number of nitrogens with zero attached hydrogens (tertiary/aromatic N) is 1. The molecule has 0 spiro atoms.